The van der Waals surface area contributed by atoms with E-state index in [2.05, 4.69) is 32.0 Å². The van der Waals surface area contributed by atoms with Crippen molar-refractivity contribution in [2.45, 2.75) is 27.4 Å². The van der Waals surface area contributed by atoms with Gasteiger partial charge in [-0.05, 0) is 60.7 Å². The zero-order chi connectivity index (χ0) is 19.4. The molecule has 0 atom stereocenters. The smallest absolute Gasteiger partial charge is 0.204 e. The van der Waals surface area contributed by atoms with E-state index < -0.39 is 11.6 Å². The molecule has 0 aliphatic heterocycles. The molecular formula is C23H22F2O2. The molecule has 27 heavy (non-hydrogen) atoms. The molecule has 3 aromatic rings. The molecule has 0 aromatic heterocycles. The van der Waals surface area contributed by atoms with Gasteiger partial charge in [-0.15, -0.1) is 0 Å². The van der Waals surface area contributed by atoms with Crippen molar-refractivity contribution in [1.82, 2.24) is 0 Å². The van der Waals surface area contributed by atoms with Gasteiger partial charge in [0.05, 0.1) is 6.61 Å². The molecule has 0 heterocycles. The molecule has 0 aliphatic carbocycles. The molecule has 0 radical (unpaired) electrons. The first kappa shape index (κ1) is 18.9. The van der Waals surface area contributed by atoms with Crippen molar-refractivity contribution in [2.24, 2.45) is 0 Å². The second-order valence-corrected chi connectivity index (χ2v) is 6.41. The van der Waals surface area contributed by atoms with Crippen molar-refractivity contribution in [3.8, 4) is 22.6 Å². The predicted octanol–water partition coefficient (Wildman–Crippen LogP) is 6.23. The predicted molar refractivity (Wildman–Crippen MR) is 103 cm³/mol. The Morgan fingerprint density at radius 1 is 0.704 bits per heavy atom. The van der Waals surface area contributed by atoms with Crippen molar-refractivity contribution in [3.63, 3.8) is 0 Å². The van der Waals surface area contributed by atoms with Gasteiger partial charge in [-0.1, -0.05) is 42.5 Å². The summed E-state index contributed by atoms with van der Waals surface area (Å²) in [4.78, 5) is 0. The van der Waals surface area contributed by atoms with E-state index in [-0.39, 0.29) is 24.7 Å². The van der Waals surface area contributed by atoms with E-state index in [9.17, 15) is 8.78 Å². The Kier molecular flexibility index (Phi) is 5.75. The molecule has 3 rings (SSSR count). The van der Waals surface area contributed by atoms with Crippen LogP contribution in [0.4, 0.5) is 8.78 Å². The Hall–Kier alpha value is -2.88. The number of hydrogen-bond donors (Lipinski definition) is 0. The van der Waals surface area contributed by atoms with E-state index in [0.29, 0.717) is 0 Å². The molecule has 0 spiro atoms. The number of aryl methyl sites for hydroxylation is 2. The van der Waals surface area contributed by atoms with Crippen LogP contribution >= 0.6 is 0 Å². The zero-order valence-corrected chi connectivity index (χ0v) is 15.7. The van der Waals surface area contributed by atoms with Gasteiger partial charge in [-0.3, -0.25) is 0 Å². The molecule has 0 amide bonds. The highest BCUT2D eigenvalue weighted by Gasteiger charge is 2.15. The standard InChI is InChI=1S/C23H22F2O2/c1-4-26-20-11-12-21(23(25)22(20)24)27-14-17-6-9-18(10-7-17)19-8-5-15(2)16(3)13-19/h5-13H,4,14H2,1-3H3. The van der Waals surface area contributed by atoms with Crippen LogP contribution in [0.1, 0.15) is 23.6 Å². The third kappa shape index (κ3) is 4.27. The fourth-order valence-electron chi connectivity index (χ4n) is 2.77. The summed E-state index contributed by atoms with van der Waals surface area (Å²) in [5, 5.41) is 0. The minimum absolute atomic E-state index is 0.111. The molecule has 0 N–H and O–H groups in total. The van der Waals surface area contributed by atoms with Gasteiger partial charge in [0.1, 0.15) is 6.61 Å². The van der Waals surface area contributed by atoms with Crippen molar-refractivity contribution < 1.29 is 18.3 Å². The molecule has 4 heteroatoms. The summed E-state index contributed by atoms with van der Waals surface area (Å²) < 4.78 is 38.4. The van der Waals surface area contributed by atoms with E-state index >= 15 is 0 Å². The lowest BCUT2D eigenvalue weighted by Crippen LogP contribution is -2.02. The average molecular weight is 368 g/mol. The normalized spacial score (nSPS) is 10.7. The van der Waals surface area contributed by atoms with Gasteiger partial charge >= 0.3 is 0 Å². The highest BCUT2D eigenvalue weighted by atomic mass is 19.2. The van der Waals surface area contributed by atoms with Crippen molar-refractivity contribution in [1.29, 1.82) is 0 Å². The maximum atomic E-state index is 14.1. The lowest BCUT2D eigenvalue weighted by molar-refractivity contribution is 0.274. The Bertz CT molecular complexity index is 934. The molecular weight excluding hydrogens is 346 g/mol. The second-order valence-electron chi connectivity index (χ2n) is 6.41. The third-order valence-corrected chi connectivity index (χ3v) is 4.50. The van der Waals surface area contributed by atoms with Gasteiger partial charge in [-0.2, -0.15) is 8.78 Å². The van der Waals surface area contributed by atoms with Crippen molar-refractivity contribution in [2.75, 3.05) is 6.61 Å². The SMILES string of the molecule is CCOc1ccc(OCc2ccc(-c3ccc(C)c(C)c3)cc2)c(F)c1F. The fraction of sp³-hybridized carbons (Fsp3) is 0.217. The van der Waals surface area contributed by atoms with E-state index in [0.717, 1.165) is 16.7 Å². The summed E-state index contributed by atoms with van der Waals surface area (Å²) >= 11 is 0. The van der Waals surface area contributed by atoms with Gasteiger partial charge in [0.15, 0.2) is 11.5 Å². The van der Waals surface area contributed by atoms with Crippen LogP contribution in [-0.2, 0) is 6.61 Å². The first-order valence-electron chi connectivity index (χ1n) is 8.89. The molecule has 0 saturated carbocycles. The van der Waals surface area contributed by atoms with E-state index in [1.54, 1.807) is 6.92 Å². The van der Waals surface area contributed by atoms with Crippen LogP contribution in [0.3, 0.4) is 0 Å². The minimum Gasteiger partial charge on any atom is -0.491 e. The van der Waals surface area contributed by atoms with Crippen LogP contribution in [0.5, 0.6) is 11.5 Å². The number of hydrogen-bond acceptors (Lipinski definition) is 2. The van der Waals surface area contributed by atoms with E-state index in [1.807, 2.05) is 24.3 Å². The molecule has 2 nitrogen and oxygen atoms in total. The highest BCUT2D eigenvalue weighted by molar-refractivity contribution is 5.65. The van der Waals surface area contributed by atoms with Crippen LogP contribution < -0.4 is 9.47 Å². The van der Waals surface area contributed by atoms with Crippen LogP contribution in [0, 0.1) is 25.5 Å². The third-order valence-electron chi connectivity index (χ3n) is 4.50. The average Bonchev–Trinajstić information content (AvgIpc) is 2.68. The van der Waals surface area contributed by atoms with Crippen LogP contribution in [0.2, 0.25) is 0 Å². The van der Waals surface area contributed by atoms with Crippen LogP contribution in [0.25, 0.3) is 11.1 Å². The van der Waals surface area contributed by atoms with Gasteiger partial charge in [0.2, 0.25) is 11.6 Å². The zero-order valence-electron chi connectivity index (χ0n) is 15.7. The lowest BCUT2D eigenvalue weighted by Gasteiger charge is -2.11. The Morgan fingerprint density at radius 3 is 1.89 bits per heavy atom. The Balaban J connectivity index is 1.70. The molecule has 0 fully saturated rings. The quantitative estimate of drug-likeness (QED) is 0.514. The number of benzene rings is 3. The number of ether oxygens (including phenoxy) is 2. The lowest BCUT2D eigenvalue weighted by atomic mass is 10.00. The Labute approximate surface area is 158 Å². The summed E-state index contributed by atoms with van der Waals surface area (Å²) in [6, 6.07) is 16.9. The molecule has 3 aromatic carbocycles. The maximum absolute atomic E-state index is 14.1. The van der Waals surface area contributed by atoms with Crippen LogP contribution in [0.15, 0.2) is 54.6 Å². The number of rotatable bonds is 6. The fourth-order valence-corrected chi connectivity index (χ4v) is 2.77. The van der Waals surface area contributed by atoms with Crippen LogP contribution in [-0.4, -0.2) is 6.61 Å². The van der Waals surface area contributed by atoms with Gasteiger partial charge in [0, 0.05) is 0 Å². The summed E-state index contributed by atoms with van der Waals surface area (Å²) in [6.45, 7) is 6.30. The largest absolute Gasteiger partial charge is 0.491 e. The van der Waals surface area contributed by atoms with Gasteiger partial charge in [0.25, 0.3) is 0 Å². The first-order valence-corrected chi connectivity index (χ1v) is 8.89. The van der Waals surface area contributed by atoms with Crippen molar-refractivity contribution >= 4 is 0 Å². The van der Waals surface area contributed by atoms with Gasteiger partial charge in [-0.25, -0.2) is 0 Å². The minimum atomic E-state index is -1.03. The number of halogens is 2. The summed E-state index contributed by atoms with van der Waals surface area (Å²) in [6.07, 6.45) is 0. The van der Waals surface area contributed by atoms with E-state index in [4.69, 9.17) is 9.47 Å². The van der Waals surface area contributed by atoms with Gasteiger partial charge < -0.3 is 9.47 Å². The Morgan fingerprint density at radius 2 is 1.30 bits per heavy atom. The highest BCUT2D eigenvalue weighted by Crippen LogP contribution is 2.28. The molecule has 0 unspecified atom stereocenters. The molecule has 0 bridgehead atoms. The van der Waals surface area contributed by atoms with Crippen molar-refractivity contribution in [3.05, 3.63) is 82.9 Å². The summed E-state index contributed by atoms with van der Waals surface area (Å²) in [7, 11) is 0. The molecule has 140 valence electrons. The molecule has 0 aliphatic rings. The first-order chi connectivity index (χ1) is 13.0. The topological polar surface area (TPSA) is 18.5 Å². The summed E-state index contributed by atoms with van der Waals surface area (Å²) in [5.41, 5.74) is 5.61. The summed E-state index contributed by atoms with van der Waals surface area (Å²) in [5.74, 6) is -2.30. The van der Waals surface area contributed by atoms with E-state index in [1.165, 1.54) is 23.3 Å². The monoisotopic (exact) mass is 368 g/mol. The second kappa shape index (κ2) is 8.21. The maximum Gasteiger partial charge on any atom is 0.204 e. The molecule has 0 saturated heterocycles.